The van der Waals surface area contributed by atoms with Crippen LogP contribution in [0.4, 0.5) is 28.7 Å². The van der Waals surface area contributed by atoms with Gasteiger partial charge in [-0.2, -0.15) is 0 Å². The lowest BCUT2D eigenvalue weighted by Gasteiger charge is -2.33. The fraction of sp³-hybridized carbons (Fsp3) is 0.310. The smallest absolute Gasteiger partial charge is 0.247 e. The van der Waals surface area contributed by atoms with Gasteiger partial charge in [0.05, 0.1) is 24.2 Å². The van der Waals surface area contributed by atoms with E-state index in [9.17, 15) is 9.59 Å². The molecule has 2 heterocycles. The van der Waals surface area contributed by atoms with Crippen LogP contribution in [0.2, 0.25) is 0 Å². The van der Waals surface area contributed by atoms with Gasteiger partial charge in [0, 0.05) is 56.7 Å². The lowest BCUT2D eigenvalue weighted by molar-refractivity contribution is -0.111. The number of rotatable bonds is 12. The molecule has 4 rings (SSSR count). The Hall–Kier alpha value is -4.44. The minimum Gasteiger partial charge on any atom is -0.494 e. The van der Waals surface area contributed by atoms with E-state index in [4.69, 9.17) is 4.74 Å². The van der Waals surface area contributed by atoms with E-state index in [0.29, 0.717) is 22.7 Å². The number of benzene rings is 2. The highest BCUT2D eigenvalue weighted by Crippen LogP contribution is 2.38. The third-order valence-corrected chi connectivity index (χ3v) is 6.54. The molecule has 10 nitrogen and oxygen atoms in total. The molecule has 0 bridgehead atoms. The monoisotopic (exact) mass is 529 g/mol. The Morgan fingerprint density at radius 1 is 1.08 bits per heavy atom. The topological polar surface area (TPSA) is 103 Å². The van der Waals surface area contributed by atoms with Crippen LogP contribution in [0.3, 0.4) is 0 Å². The molecule has 0 saturated carbocycles. The summed E-state index contributed by atoms with van der Waals surface area (Å²) in [5.74, 6) is 0.225. The summed E-state index contributed by atoms with van der Waals surface area (Å²) in [6.45, 7) is 7.20. The Kier molecular flexibility index (Phi) is 8.77. The number of carbonyl (C=O) groups excluding carboxylic acids is 2. The molecule has 1 aromatic heterocycles. The lowest BCUT2D eigenvalue weighted by Crippen LogP contribution is -2.36. The zero-order chi connectivity index (χ0) is 27.9. The first-order chi connectivity index (χ1) is 18.8. The van der Waals surface area contributed by atoms with Gasteiger partial charge in [-0.3, -0.25) is 9.59 Å². The van der Waals surface area contributed by atoms with Crippen LogP contribution in [0.25, 0.3) is 0 Å². The third-order valence-electron chi connectivity index (χ3n) is 6.54. The summed E-state index contributed by atoms with van der Waals surface area (Å²) in [6.07, 6.45) is 3.95. The fourth-order valence-corrected chi connectivity index (χ4v) is 4.12. The maximum Gasteiger partial charge on any atom is 0.247 e. The van der Waals surface area contributed by atoms with Crippen LogP contribution in [0, 0.1) is 0 Å². The average molecular weight is 530 g/mol. The van der Waals surface area contributed by atoms with Crippen molar-refractivity contribution in [1.29, 1.82) is 0 Å². The summed E-state index contributed by atoms with van der Waals surface area (Å²) in [4.78, 5) is 40.5. The molecule has 0 radical (unpaired) electrons. The molecule has 0 aliphatic carbocycles. The molecule has 1 saturated heterocycles. The van der Waals surface area contributed by atoms with Crippen molar-refractivity contribution in [2.45, 2.75) is 6.42 Å². The molecule has 0 atom stereocenters. The number of ether oxygens (including phenoxy) is 1. The fourth-order valence-electron chi connectivity index (χ4n) is 4.12. The quantitative estimate of drug-likeness (QED) is 0.268. The Labute approximate surface area is 229 Å². The van der Waals surface area contributed by atoms with E-state index in [0.717, 1.165) is 37.6 Å². The van der Waals surface area contributed by atoms with Gasteiger partial charge in [-0.1, -0.05) is 6.58 Å². The van der Waals surface area contributed by atoms with Gasteiger partial charge >= 0.3 is 0 Å². The Morgan fingerprint density at radius 3 is 2.44 bits per heavy atom. The Bertz CT molecular complexity index is 1340. The first-order valence-electron chi connectivity index (χ1n) is 12.8. The standard InChI is InChI=1S/C29H35N7O3/c1-6-27(37)31-23-18-24(26(39-5)19-25(23)35(4)17-16-34(2)3)33-29-30-13-12-22(32-29)28(38)20-8-10-21(11-9-20)36-14-7-15-36/h6,8-13,18-19H,1,7,14-17H2,2-5H3,(H,31,37)(H,30,32,33). The summed E-state index contributed by atoms with van der Waals surface area (Å²) >= 11 is 0. The van der Waals surface area contributed by atoms with Crippen molar-refractivity contribution in [2.75, 3.05) is 74.9 Å². The summed E-state index contributed by atoms with van der Waals surface area (Å²) in [5.41, 5.74) is 3.82. The molecular weight excluding hydrogens is 494 g/mol. The van der Waals surface area contributed by atoms with Gasteiger partial charge in [0.2, 0.25) is 17.6 Å². The highest BCUT2D eigenvalue weighted by atomic mass is 16.5. The molecule has 204 valence electrons. The summed E-state index contributed by atoms with van der Waals surface area (Å²) in [7, 11) is 7.52. The summed E-state index contributed by atoms with van der Waals surface area (Å²) in [5, 5.41) is 6.02. The maximum atomic E-state index is 13.2. The molecule has 2 N–H and O–H groups in total. The lowest BCUT2D eigenvalue weighted by atomic mass is 10.1. The van der Waals surface area contributed by atoms with Gasteiger partial charge in [0.15, 0.2) is 0 Å². The van der Waals surface area contributed by atoms with Gasteiger partial charge in [-0.05, 0) is 63.0 Å². The first kappa shape index (κ1) is 27.6. The largest absolute Gasteiger partial charge is 0.494 e. The molecule has 0 unspecified atom stereocenters. The van der Waals surface area contributed by atoms with Gasteiger partial charge < -0.3 is 30.1 Å². The van der Waals surface area contributed by atoms with Gasteiger partial charge in [0.1, 0.15) is 11.4 Å². The molecule has 1 amide bonds. The normalized spacial score (nSPS) is 12.5. The number of carbonyl (C=O) groups is 2. The summed E-state index contributed by atoms with van der Waals surface area (Å²) in [6, 6.07) is 12.8. The van der Waals surface area contributed by atoms with Crippen LogP contribution >= 0.6 is 0 Å². The Morgan fingerprint density at radius 2 is 1.82 bits per heavy atom. The number of ketones is 1. The van der Waals surface area contributed by atoms with E-state index in [-0.39, 0.29) is 23.3 Å². The molecule has 3 aromatic rings. The summed E-state index contributed by atoms with van der Waals surface area (Å²) < 4.78 is 5.65. The second kappa shape index (κ2) is 12.4. The van der Waals surface area contributed by atoms with Gasteiger partial charge in [0.25, 0.3) is 0 Å². The zero-order valence-electron chi connectivity index (χ0n) is 22.9. The van der Waals surface area contributed by atoms with Gasteiger partial charge in [-0.15, -0.1) is 0 Å². The second-order valence-electron chi connectivity index (χ2n) is 9.59. The highest BCUT2D eigenvalue weighted by molar-refractivity contribution is 6.08. The molecule has 2 aromatic carbocycles. The number of nitrogens with zero attached hydrogens (tertiary/aromatic N) is 5. The molecule has 0 spiro atoms. The van der Waals surface area contributed by atoms with Crippen LogP contribution in [0.1, 0.15) is 22.5 Å². The number of hydrogen-bond acceptors (Lipinski definition) is 9. The van der Waals surface area contributed by atoms with Crippen molar-refractivity contribution in [3.8, 4) is 5.75 Å². The molecule has 1 aliphatic rings. The van der Waals surface area contributed by atoms with E-state index in [1.807, 2.05) is 56.4 Å². The predicted molar refractivity (Wildman–Crippen MR) is 156 cm³/mol. The van der Waals surface area contributed by atoms with E-state index < -0.39 is 0 Å². The maximum absolute atomic E-state index is 13.2. The minimum absolute atomic E-state index is 0.195. The zero-order valence-corrected chi connectivity index (χ0v) is 22.9. The van der Waals surface area contributed by atoms with Crippen molar-refractivity contribution in [1.82, 2.24) is 14.9 Å². The number of methoxy groups -OCH3 is 1. The predicted octanol–water partition coefficient (Wildman–Crippen LogP) is 3.79. The van der Waals surface area contributed by atoms with Crippen LogP contribution in [-0.4, -0.2) is 81.0 Å². The SMILES string of the molecule is C=CC(=O)Nc1cc(Nc2nccc(C(=O)c3ccc(N4CCC4)cc3)n2)c(OC)cc1N(C)CCN(C)C. The molecule has 10 heteroatoms. The van der Waals surface area contributed by atoms with E-state index in [2.05, 4.69) is 37.0 Å². The third kappa shape index (κ3) is 6.71. The van der Waals surface area contributed by atoms with Crippen molar-refractivity contribution in [3.63, 3.8) is 0 Å². The molecule has 1 aliphatic heterocycles. The molecule has 39 heavy (non-hydrogen) atoms. The second-order valence-corrected chi connectivity index (χ2v) is 9.59. The Balaban J connectivity index is 1.59. The van der Waals surface area contributed by atoms with Crippen LogP contribution in [0.15, 0.2) is 61.3 Å². The first-order valence-corrected chi connectivity index (χ1v) is 12.8. The molecular formula is C29H35N7O3. The van der Waals surface area contributed by atoms with Gasteiger partial charge in [-0.25, -0.2) is 9.97 Å². The van der Waals surface area contributed by atoms with E-state index in [1.54, 1.807) is 19.2 Å². The number of hydrogen-bond donors (Lipinski definition) is 2. The van der Waals surface area contributed by atoms with E-state index in [1.165, 1.54) is 18.7 Å². The van der Waals surface area contributed by atoms with Crippen molar-refractivity contribution in [2.24, 2.45) is 0 Å². The number of anilines is 5. The van der Waals surface area contributed by atoms with Crippen molar-refractivity contribution in [3.05, 3.63) is 72.6 Å². The highest BCUT2D eigenvalue weighted by Gasteiger charge is 2.19. The number of aromatic nitrogens is 2. The van der Waals surface area contributed by atoms with Crippen molar-refractivity contribution < 1.29 is 14.3 Å². The van der Waals surface area contributed by atoms with E-state index >= 15 is 0 Å². The number of amides is 1. The number of likely N-dealkylation sites (N-methyl/N-ethyl adjacent to an activating group) is 2. The van der Waals surface area contributed by atoms with Crippen LogP contribution in [-0.2, 0) is 4.79 Å². The molecule has 1 fully saturated rings. The minimum atomic E-state index is -0.336. The number of nitrogens with one attached hydrogen (secondary N) is 2. The van der Waals surface area contributed by atoms with Crippen LogP contribution in [0.5, 0.6) is 5.75 Å². The van der Waals surface area contributed by atoms with Crippen LogP contribution < -0.4 is 25.2 Å². The van der Waals surface area contributed by atoms with Crippen molar-refractivity contribution >= 4 is 40.4 Å². The average Bonchev–Trinajstić information content (AvgIpc) is 2.91.